The lowest BCUT2D eigenvalue weighted by atomic mass is 9.92. The maximum atomic E-state index is 12.3. The lowest BCUT2D eigenvalue weighted by Gasteiger charge is -2.35. The maximum absolute atomic E-state index is 12.3. The molecule has 1 aliphatic rings. The summed E-state index contributed by atoms with van der Waals surface area (Å²) in [5.74, 6) is 2.61. The lowest BCUT2D eigenvalue weighted by Crippen LogP contribution is -2.39. The molecule has 1 amide bonds. The number of anilines is 2. The second-order valence-corrected chi connectivity index (χ2v) is 8.72. The zero-order valence-electron chi connectivity index (χ0n) is 16.5. The number of aromatic nitrogens is 2. The fraction of sp³-hybridized carbons (Fsp3) is 0.476. The molecule has 1 fully saturated rings. The fourth-order valence-electron chi connectivity index (χ4n) is 3.71. The van der Waals surface area contributed by atoms with Gasteiger partial charge in [0.25, 0.3) is 0 Å². The molecule has 1 N–H and O–H groups in total. The molecular weight excluding hydrogens is 356 g/mol. The van der Waals surface area contributed by atoms with E-state index in [0.717, 1.165) is 35.2 Å². The van der Waals surface area contributed by atoms with Gasteiger partial charge in [-0.3, -0.25) is 4.79 Å². The molecule has 1 saturated heterocycles. The number of rotatable bonds is 5. The molecule has 0 aliphatic carbocycles. The van der Waals surface area contributed by atoms with Gasteiger partial charge in [-0.1, -0.05) is 43.3 Å². The number of thioether (sulfide) groups is 1. The highest BCUT2D eigenvalue weighted by Gasteiger charge is 2.23. The van der Waals surface area contributed by atoms with Gasteiger partial charge in [0.2, 0.25) is 5.91 Å². The SMILES string of the molecule is Cc1ccc(NC(=O)CSc2cc(N3C[C@@H](C)C[C@H](C)C3)ncn2)c(C)c1. The van der Waals surface area contributed by atoms with Gasteiger partial charge in [0.15, 0.2) is 0 Å². The highest BCUT2D eigenvalue weighted by atomic mass is 32.2. The minimum atomic E-state index is -0.0210. The number of hydrogen-bond donors (Lipinski definition) is 1. The van der Waals surface area contributed by atoms with Crippen molar-refractivity contribution in [1.29, 1.82) is 0 Å². The standard InChI is InChI=1S/C21H28N4OS/c1-14-5-6-18(17(4)8-14)24-20(26)12-27-21-9-19(22-13-23-21)25-10-15(2)7-16(3)11-25/h5-6,8-9,13,15-16H,7,10-12H2,1-4H3,(H,24,26)/t15-,16-/m0/s1. The summed E-state index contributed by atoms with van der Waals surface area (Å²) in [4.78, 5) is 23.4. The summed E-state index contributed by atoms with van der Waals surface area (Å²) in [6, 6.07) is 8.03. The van der Waals surface area contributed by atoms with E-state index < -0.39 is 0 Å². The Morgan fingerprint density at radius 1 is 1.19 bits per heavy atom. The smallest absolute Gasteiger partial charge is 0.234 e. The fourth-order valence-corrected chi connectivity index (χ4v) is 4.37. The number of piperidine rings is 1. The summed E-state index contributed by atoms with van der Waals surface area (Å²) in [5.41, 5.74) is 3.13. The first-order valence-electron chi connectivity index (χ1n) is 9.47. The van der Waals surface area contributed by atoms with E-state index in [1.807, 2.05) is 32.0 Å². The zero-order valence-corrected chi connectivity index (χ0v) is 17.3. The van der Waals surface area contributed by atoms with Gasteiger partial charge in [0.05, 0.1) is 5.75 Å². The molecule has 0 radical (unpaired) electrons. The number of benzene rings is 1. The Bertz CT molecular complexity index is 801. The molecule has 1 aromatic carbocycles. The molecule has 5 nitrogen and oxygen atoms in total. The van der Waals surface area contributed by atoms with Crippen LogP contribution >= 0.6 is 11.8 Å². The van der Waals surface area contributed by atoms with Crippen LogP contribution in [0.2, 0.25) is 0 Å². The third-order valence-corrected chi connectivity index (χ3v) is 5.75. The maximum Gasteiger partial charge on any atom is 0.234 e. The second kappa shape index (κ2) is 8.74. The summed E-state index contributed by atoms with van der Waals surface area (Å²) in [6.45, 7) is 10.7. The van der Waals surface area contributed by atoms with Gasteiger partial charge in [-0.2, -0.15) is 0 Å². The van der Waals surface area contributed by atoms with E-state index in [1.54, 1.807) is 6.33 Å². The molecular formula is C21H28N4OS. The largest absolute Gasteiger partial charge is 0.356 e. The van der Waals surface area contributed by atoms with Gasteiger partial charge >= 0.3 is 0 Å². The summed E-state index contributed by atoms with van der Waals surface area (Å²) in [5, 5.41) is 3.82. The van der Waals surface area contributed by atoms with Crippen LogP contribution in [-0.2, 0) is 4.79 Å². The number of hydrogen-bond acceptors (Lipinski definition) is 5. The van der Waals surface area contributed by atoms with Crippen LogP contribution in [0.4, 0.5) is 11.5 Å². The molecule has 144 valence electrons. The molecule has 1 aliphatic heterocycles. The average Bonchev–Trinajstić information content (AvgIpc) is 2.62. The van der Waals surface area contributed by atoms with Crippen molar-refractivity contribution in [2.24, 2.45) is 11.8 Å². The van der Waals surface area contributed by atoms with Gasteiger partial charge in [0.1, 0.15) is 17.2 Å². The van der Waals surface area contributed by atoms with Crippen LogP contribution in [0.15, 0.2) is 35.6 Å². The Hall–Kier alpha value is -2.08. The first-order chi connectivity index (χ1) is 12.9. The highest BCUT2D eigenvalue weighted by Crippen LogP contribution is 2.27. The number of carbonyl (C=O) groups is 1. The normalized spacial score (nSPS) is 19.8. The van der Waals surface area contributed by atoms with E-state index >= 15 is 0 Å². The quantitative estimate of drug-likeness (QED) is 0.615. The van der Waals surface area contributed by atoms with Crippen LogP contribution in [0.3, 0.4) is 0 Å². The van der Waals surface area contributed by atoms with Gasteiger partial charge < -0.3 is 10.2 Å². The van der Waals surface area contributed by atoms with Crippen LogP contribution in [-0.4, -0.2) is 34.7 Å². The summed E-state index contributed by atoms with van der Waals surface area (Å²) >= 11 is 1.45. The number of aryl methyl sites for hydroxylation is 2. The van der Waals surface area contributed by atoms with E-state index in [-0.39, 0.29) is 5.91 Å². The van der Waals surface area contributed by atoms with Crippen molar-refractivity contribution in [3.8, 4) is 0 Å². The van der Waals surface area contributed by atoms with Crippen molar-refractivity contribution in [2.45, 2.75) is 39.1 Å². The minimum Gasteiger partial charge on any atom is -0.356 e. The Labute approximate surface area is 166 Å². The van der Waals surface area contributed by atoms with E-state index in [0.29, 0.717) is 17.6 Å². The number of amides is 1. The molecule has 6 heteroatoms. The molecule has 1 aromatic heterocycles. The van der Waals surface area contributed by atoms with Gasteiger partial charge in [-0.25, -0.2) is 9.97 Å². The van der Waals surface area contributed by atoms with E-state index in [1.165, 1.54) is 23.7 Å². The van der Waals surface area contributed by atoms with Crippen molar-refractivity contribution in [1.82, 2.24) is 9.97 Å². The Kier molecular flexibility index (Phi) is 6.37. The number of nitrogens with one attached hydrogen (secondary N) is 1. The molecule has 27 heavy (non-hydrogen) atoms. The summed E-state index contributed by atoms with van der Waals surface area (Å²) in [7, 11) is 0. The molecule has 2 atom stereocenters. The third-order valence-electron chi connectivity index (χ3n) is 4.83. The van der Waals surface area contributed by atoms with Crippen LogP contribution in [0.1, 0.15) is 31.4 Å². The molecule has 0 spiro atoms. The number of nitrogens with zero attached hydrogens (tertiary/aromatic N) is 3. The van der Waals surface area contributed by atoms with Crippen molar-refractivity contribution in [2.75, 3.05) is 29.1 Å². The Balaban J connectivity index is 1.58. The molecule has 2 aromatic rings. The van der Waals surface area contributed by atoms with Crippen LogP contribution in [0.5, 0.6) is 0 Å². The van der Waals surface area contributed by atoms with Gasteiger partial charge in [-0.05, 0) is 43.7 Å². The Morgan fingerprint density at radius 2 is 1.93 bits per heavy atom. The van der Waals surface area contributed by atoms with E-state index in [4.69, 9.17) is 0 Å². The van der Waals surface area contributed by atoms with Crippen LogP contribution in [0, 0.1) is 25.7 Å². The molecule has 0 saturated carbocycles. The summed E-state index contributed by atoms with van der Waals surface area (Å²) < 4.78 is 0. The van der Waals surface area contributed by atoms with Crippen molar-refractivity contribution < 1.29 is 4.79 Å². The first-order valence-corrected chi connectivity index (χ1v) is 10.5. The predicted octanol–water partition coefficient (Wildman–Crippen LogP) is 4.31. The van der Waals surface area contributed by atoms with Crippen molar-refractivity contribution in [3.05, 3.63) is 41.7 Å². The molecule has 2 heterocycles. The monoisotopic (exact) mass is 384 g/mol. The van der Waals surface area contributed by atoms with Crippen molar-refractivity contribution >= 4 is 29.2 Å². The van der Waals surface area contributed by atoms with Gasteiger partial charge in [0, 0.05) is 24.8 Å². The minimum absolute atomic E-state index is 0.0210. The van der Waals surface area contributed by atoms with Crippen LogP contribution in [0.25, 0.3) is 0 Å². The second-order valence-electron chi connectivity index (χ2n) is 7.72. The first kappa shape index (κ1) is 19.7. The molecule has 0 unspecified atom stereocenters. The predicted molar refractivity (Wildman–Crippen MR) is 112 cm³/mol. The number of carbonyl (C=O) groups excluding carboxylic acids is 1. The van der Waals surface area contributed by atoms with Crippen LogP contribution < -0.4 is 10.2 Å². The zero-order chi connectivity index (χ0) is 19.4. The van der Waals surface area contributed by atoms with E-state index in [2.05, 4.69) is 40.1 Å². The van der Waals surface area contributed by atoms with E-state index in [9.17, 15) is 4.79 Å². The Morgan fingerprint density at radius 3 is 2.63 bits per heavy atom. The lowest BCUT2D eigenvalue weighted by molar-refractivity contribution is -0.113. The molecule has 3 rings (SSSR count). The average molecular weight is 385 g/mol. The van der Waals surface area contributed by atoms with Gasteiger partial charge in [-0.15, -0.1) is 0 Å². The highest BCUT2D eigenvalue weighted by molar-refractivity contribution is 7.99. The molecule has 0 bridgehead atoms. The summed E-state index contributed by atoms with van der Waals surface area (Å²) in [6.07, 6.45) is 2.87. The van der Waals surface area contributed by atoms with Crippen molar-refractivity contribution in [3.63, 3.8) is 0 Å². The third kappa shape index (κ3) is 5.45. The topological polar surface area (TPSA) is 58.1 Å².